The third-order valence-electron chi connectivity index (χ3n) is 5.36. The molecule has 0 aromatic carbocycles. The van der Waals surface area contributed by atoms with Crippen LogP contribution in [0, 0.1) is 0 Å². The van der Waals surface area contributed by atoms with Crippen molar-refractivity contribution in [2.75, 3.05) is 13.2 Å². The van der Waals surface area contributed by atoms with Crippen LogP contribution in [0.15, 0.2) is 33.0 Å². The maximum atomic E-state index is 12.4. The van der Waals surface area contributed by atoms with Crippen molar-refractivity contribution in [2.45, 2.75) is 37.0 Å². The Morgan fingerprint density at radius 1 is 1.39 bits per heavy atom. The quantitative estimate of drug-likeness (QED) is 0.295. The second-order valence-corrected chi connectivity index (χ2v) is 9.21. The molecular weight excluding hydrogens is 446 g/mol. The number of carbonyl (C=O) groups is 1. The molecule has 1 amide bonds. The Morgan fingerprint density at radius 2 is 2.24 bits per heavy atom. The Bertz CT molecular complexity index is 1420. The number of H-pyrrole nitrogens is 2. The lowest BCUT2D eigenvalue weighted by Crippen LogP contribution is -2.25. The average Bonchev–Trinajstić information content (AvgIpc) is 3.18. The van der Waals surface area contributed by atoms with Gasteiger partial charge in [-0.05, 0) is 31.8 Å². The van der Waals surface area contributed by atoms with E-state index in [9.17, 15) is 14.7 Å². The number of imidazole rings is 1. The van der Waals surface area contributed by atoms with E-state index in [4.69, 9.17) is 15.1 Å². The van der Waals surface area contributed by atoms with Gasteiger partial charge in [-0.15, -0.1) is 11.8 Å². The molecule has 1 atom stereocenters. The number of aromatic amines is 2. The standard InChI is InChI=1S/C21H23N7O4S/c29-7-1-6-22-20(31)16-5-4-15(33-16)13-9-17(24-12-2-3-12)28-18(25-13)11(10-23-28)8-14-19(30)27-21(32)26-14/h5,8-10,12,15,29-30H,1-4,6-7H2,(H,22,31)(H2,26,27,32). The SMILES string of the molecule is O=C(NCCCO)C1=CCC(c2cc(=NC3CC3)n3ncc(=Cc4[nH]c(=O)[nH]c4O)c3n2)S1. The Morgan fingerprint density at radius 3 is 2.97 bits per heavy atom. The van der Waals surface area contributed by atoms with Crippen LogP contribution in [-0.4, -0.2) is 59.9 Å². The molecular formula is C21H23N7O4S. The maximum absolute atomic E-state index is 12.4. The first-order valence-electron chi connectivity index (χ1n) is 10.7. The number of fused-ring (bicyclic) bond motifs is 1. The Balaban J connectivity index is 1.50. The van der Waals surface area contributed by atoms with Gasteiger partial charge < -0.3 is 20.5 Å². The molecule has 0 spiro atoms. The average molecular weight is 470 g/mol. The molecule has 1 aliphatic carbocycles. The normalized spacial score (nSPS) is 19.4. The Kier molecular flexibility index (Phi) is 5.77. The zero-order valence-corrected chi connectivity index (χ0v) is 18.4. The van der Waals surface area contributed by atoms with Crippen LogP contribution in [0.3, 0.4) is 0 Å². The van der Waals surface area contributed by atoms with Crippen molar-refractivity contribution in [3.63, 3.8) is 0 Å². The highest BCUT2D eigenvalue weighted by atomic mass is 32.2. The fourth-order valence-corrected chi connectivity index (χ4v) is 4.65. The molecule has 0 radical (unpaired) electrons. The molecule has 11 nitrogen and oxygen atoms in total. The number of rotatable bonds is 7. The minimum atomic E-state index is -0.508. The summed E-state index contributed by atoms with van der Waals surface area (Å²) in [5.74, 6) is -0.407. The monoisotopic (exact) mass is 469 g/mol. The fraction of sp³-hybridized carbons (Fsp3) is 0.381. The lowest BCUT2D eigenvalue weighted by molar-refractivity contribution is -0.116. The third-order valence-corrected chi connectivity index (χ3v) is 6.68. The number of aliphatic hydroxyl groups excluding tert-OH is 1. The van der Waals surface area contributed by atoms with Crippen LogP contribution in [0.25, 0.3) is 11.7 Å². The molecule has 5 N–H and O–H groups in total. The van der Waals surface area contributed by atoms with Crippen LogP contribution >= 0.6 is 11.8 Å². The van der Waals surface area contributed by atoms with Crippen LogP contribution < -0.4 is 21.7 Å². The number of nitrogens with zero attached hydrogens (tertiary/aromatic N) is 4. The number of amides is 1. The minimum absolute atomic E-state index is 0.0332. The van der Waals surface area contributed by atoms with Gasteiger partial charge in [0.15, 0.2) is 11.1 Å². The predicted octanol–water partition coefficient (Wildman–Crippen LogP) is -0.377. The van der Waals surface area contributed by atoms with Gasteiger partial charge in [-0.3, -0.25) is 14.8 Å². The predicted molar refractivity (Wildman–Crippen MR) is 121 cm³/mol. The molecule has 5 rings (SSSR count). The number of aromatic nitrogens is 5. The van der Waals surface area contributed by atoms with Gasteiger partial charge in [0.1, 0.15) is 5.69 Å². The number of nitrogens with one attached hydrogen (secondary N) is 3. The van der Waals surface area contributed by atoms with Gasteiger partial charge in [-0.2, -0.15) is 9.61 Å². The maximum Gasteiger partial charge on any atom is 0.326 e. The largest absolute Gasteiger partial charge is 0.493 e. The Hall–Kier alpha value is -3.38. The van der Waals surface area contributed by atoms with Gasteiger partial charge in [0.25, 0.3) is 5.91 Å². The first-order valence-corrected chi connectivity index (χ1v) is 11.6. The summed E-state index contributed by atoms with van der Waals surface area (Å²) in [5.41, 5.74) is 1.75. The lowest BCUT2D eigenvalue weighted by Gasteiger charge is -2.10. The van der Waals surface area contributed by atoms with Crippen molar-refractivity contribution in [3.8, 4) is 5.88 Å². The van der Waals surface area contributed by atoms with Crippen LogP contribution in [0.5, 0.6) is 5.88 Å². The van der Waals surface area contributed by atoms with Gasteiger partial charge >= 0.3 is 5.69 Å². The second-order valence-electron chi connectivity index (χ2n) is 7.96. The summed E-state index contributed by atoms with van der Waals surface area (Å²) < 4.78 is 1.66. The number of allylic oxidation sites excluding steroid dienone is 1. The van der Waals surface area contributed by atoms with E-state index >= 15 is 0 Å². The number of aliphatic hydroxyl groups is 1. The van der Waals surface area contributed by atoms with E-state index < -0.39 is 5.69 Å². The molecule has 172 valence electrons. The number of hydrogen-bond donors (Lipinski definition) is 5. The molecule has 0 saturated heterocycles. The molecule has 33 heavy (non-hydrogen) atoms. The van der Waals surface area contributed by atoms with E-state index in [-0.39, 0.29) is 35.4 Å². The summed E-state index contributed by atoms with van der Waals surface area (Å²) >= 11 is 1.45. The van der Waals surface area contributed by atoms with Crippen molar-refractivity contribution >= 4 is 29.4 Å². The second kappa shape index (κ2) is 8.87. The smallest absolute Gasteiger partial charge is 0.326 e. The zero-order chi connectivity index (χ0) is 22.9. The molecule has 1 saturated carbocycles. The van der Waals surface area contributed by atoms with E-state index in [1.165, 1.54) is 11.8 Å². The summed E-state index contributed by atoms with van der Waals surface area (Å²) in [5, 5.41) is 26.6. The molecule has 2 aliphatic rings. The van der Waals surface area contributed by atoms with Crippen molar-refractivity contribution < 1.29 is 15.0 Å². The highest BCUT2D eigenvalue weighted by Gasteiger charge is 2.26. The van der Waals surface area contributed by atoms with Crippen LogP contribution in [-0.2, 0) is 4.79 Å². The number of thioether (sulfide) groups is 1. The molecule has 1 aliphatic heterocycles. The lowest BCUT2D eigenvalue weighted by atomic mass is 10.2. The molecule has 3 aromatic rings. The van der Waals surface area contributed by atoms with E-state index in [0.29, 0.717) is 40.6 Å². The van der Waals surface area contributed by atoms with E-state index in [0.717, 1.165) is 18.5 Å². The first-order chi connectivity index (χ1) is 16.0. The van der Waals surface area contributed by atoms with Gasteiger partial charge in [0, 0.05) is 24.4 Å². The van der Waals surface area contributed by atoms with Gasteiger partial charge in [-0.25, -0.2) is 9.78 Å². The minimum Gasteiger partial charge on any atom is -0.493 e. The molecule has 1 fully saturated rings. The zero-order valence-electron chi connectivity index (χ0n) is 17.6. The van der Waals surface area contributed by atoms with E-state index in [1.807, 2.05) is 12.1 Å². The van der Waals surface area contributed by atoms with Crippen LogP contribution in [0.2, 0.25) is 0 Å². The molecule has 12 heteroatoms. The summed E-state index contributed by atoms with van der Waals surface area (Å²) in [6.07, 6.45) is 8.36. The van der Waals surface area contributed by atoms with Crippen LogP contribution in [0.4, 0.5) is 0 Å². The van der Waals surface area contributed by atoms with Gasteiger partial charge in [0.05, 0.1) is 28.1 Å². The molecule has 1 unspecified atom stereocenters. The topological polar surface area (TPSA) is 161 Å². The molecule has 4 heterocycles. The summed E-state index contributed by atoms with van der Waals surface area (Å²) in [7, 11) is 0. The summed E-state index contributed by atoms with van der Waals surface area (Å²) in [6.45, 7) is 0.459. The van der Waals surface area contributed by atoms with Crippen molar-refractivity contribution in [1.82, 2.24) is 29.9 Å². The van der Waals surface area contributed by atoms with Gasteiger partial charge in [0.2, 0.25) is 5.88 Å². The van der Waals surface area contributed by atoms with Gasteiger partial charge in [-0.1, -0.05) is 6.08 Å². The highest BCUT2D eigenvalue weighted by molar-refractivity contribution is 8.04. The van der Waals surface area contributed by atoms with E-state index in [2.05, 4.69) is 20.4 Å². The molecule has 0 bridgehead atoms. The number of carbonyl (C=O) groups excluding carboxylic acids is 1. The summed E-state index contributed by atoms with van der Waals surface area (Å²) in [6, 6.07) is 2.18. The first kappa shape index (κ1) is 21.5. The van der Waals surface area contributed by atoms with Crippen LogP contribution in [0.1, 0.15) is 42.3 Å². The summed E-state index contributed by atoms with van der Waals surface area (Å²) in [4.78, 5) is 38.9. The Labute approximate surface area is 191 Å². The molecule has 3 aromatic heterocycles. The number of aromatic hydroxyl groups is 1. The van der Waals surface area contributed by atoms with Crippen molar-refractivity contribution in [2.24, 2.45) is 4.99 Å². The van der Waals surface area contributed by atoms with E-state index in [1.54, 1.807) is 16.8 Å². The fourth-order valence-electron chi connectivity index (χ4n) is 3.54. The van der Waals surface area contributed by atoms with Crippen molar-refractivity contribution in [3.05, 3.63) is 55.8 Å². The third kappa shape index (κ3) is 4.57. The number of hydrogen-bond acceptors (Lipinski definition) is 8. The van der Waals surface area contributed by atoms with Crippen molar-refractivity contribution in [1.29, 1.82) is 0 Å². The highest BCUT2D eigenvalue weighted by Crippen LogP contribution is 2.42.